The number of benzene rings is 1. The average molecular weight is 164 g/mol. The Morgan fingerprint density at radius 3 is 2.50 bits per heavy atom. The molecule has 0 unspecified atom stereocenters. The van der Waals surface area contributed by atoms with Gasteiger partial charge in [0.1, 0.15) is 13.7 Å². The van der Waals surface area contributed by atoms with Gasteiger partial charge in [-0.1, -0.05) is 5.46 Å². The number of nitrogens with two attached hydrogens (primary N) is 2. The first-order chi connectivity index (χ1) is 5.52. The lowest BCUT2D eigenvalue weighted by atomic mass is 9.93. The SMILES string of the molecule is [B]c1cc(N)c(C(N)=O)c(F)c1. The maximum absolute atomic E-state index is 12.9. The van der Waals surface area contributed by atoms with Crippen LogP contribution in [-0.2, 0) is 0 Å². The summed E-state index contributed by atoms with van der Waals surface area (Å²) < 4.78 is 12.9. The van der Waals surface area contributed by atoms with Crippen LogP contribution in [0.1, 0.15) is 10.4 Å². The number of amides is 1. The third-order valence-corrected chi connectivity index (χ3v) is 1.39. The second kappa shape index (κ2) is 2.85. The first-order valence-corrected chi connectivity index (χ1v) is 3.16. The van der Waals surface area contributed by atoms with E-state index in [4.69, 9.17) is 19.3 Å². The van der Waals surface area contributed by atoms with E-state index in [9.17, 15) is 9.18 Å². The molecule has 0 aliphatic carbocycles. The maximum atomic E-state index is 12.9. The Bertz CT molecular complexity index is 317. The minimum atomic E-state index is -0.898. The zero-order valence-electron chi connectivity index (χ0n) is 6.17. The van der Waals surface area contributed by atoms with Crippen LogP contribution in [0.25, 0.3) is 0 Å². The molecule has 4 N–H and O–H groups in total. The molecule has 0 aliphatic rings. The highest BCUT2D eigenvalue weighted by Gasteiger charge is 2.11. The molecule has 0 saturated carbocycles. The summed E-state index contributed by atoms with van der Waals surface area (Å²) in [7, 11) is 5.26. The van der Waals surface area contributed by atoms with Gasteiger partial charge in [-0.05, 0) is 12.1 Å². The van der Waals surface area contributed by atoms with Gasteiger partial charge in [-0.25, -0.2) is 4.39 Å². The Hall–Kier alpha value is -1.52. The van der Waals surface area contributed by atoms with E-state index < -0.39 is 11.7 Å². The number of halogens is 1. The Kier molecular flexibility index (Phi) is 2.04. The lowest BCUT2D eigenvalue weighted by Crippen LogP contribution is -2.18. The van der Waals surface area contributed by atoms with Crippen molar-refractivity contribution in [1.82, 2.24) is 0 Å². The summed E-state index contributed by atoms with van der Waals surface area (Å²) in [6.07, 6.45) is 0. The molecule has 0 heterocycles. The van der Waals surface area contributed by atoms with Crippen LogP contribution in [0.4, 0.5) is 10.1 Å². The molecule has 0 aliphatic heterocycles. The number of primary amides is 1. The van der Waals surface area contributed by atoms with E-state index in [-0.39, 0.29) is 16.7 Å². The van der Waals surface area contributed by atoms with Crippen molar-refractivity contribution in [2.45, 2.75) is 0 Å². The molecule has 0 aromatic heterocycles. The van der Waals surface area contributed by atoms with Crippen molar-refractivity contribution >= 4 is 24.9 Å². The molecule has 0 spiro atoms. The van der Waals surface area contributed by atoms with Crippen LogP contribution in [0.5, 0.6) is 0 Å². The lowest BCUT2D eigenvalue weighted by Gasteiger charge is -2.03. The number of hydrogen-bond donors (Lipinski definition) is 2. The highest BCUT2D eigenvalue weighted by molar-refractivity contribution is 6.32. The van der Waals surface area contributed by atoms with Gasteiger partial charge in [0.25, 0.3) is 5.91 Å². The first kappa shape index (κ1) is 8.58. The lowest BCUT2D eigenvalue weighted by molar-refractivity contribution is 0.0997. The molecule has 1 rings (SSSR count). The number of hydrogen-bond acceptors (Lipinski definition) is 2. The number of rotatable bonds is 1. The first-order valence-electron chi connectivity index (χ1n) is 3.16. The number of anilines is 1. The van der Waals surface area contributed by atoms with Gasteiger partial charge in [-0.15, -0.1) is 0 Å². The monoisotopic (exact) mass is 164 g/mol. The van der Waals surface area contributed by atoms with Gasteiger partial charge in [0.2, 0.25) is 0 Å². The van der Waals surface area contributed by atoms with Crippen LogP contribution in [-0.4, -0.2) is 13.8 Å². The van der Waals surface area contributed by atoms with Crippen LogP contribution in [0, 0.1) is 5.82 Å². The van der Waals surface area contributed by atoms with Crippen LogP contribution >= 0.6 is 0 Å². The number of nitrogen functional groups attached to an aromatic ring is 1. The van der Waals surface area contributed by atoms with E-state index in [0.29, 0.717) is 0 Å². The Morgan fingerprint density at radius 2 is 2.08 bits per heavy atom. The Balaban J connectivity index is 3.38. The average Bonchev–Trinajstić information content (AvgIpc) is 1.82. The zero-order valence-corrected chi connectivity index (χ0v) is 6.17. The standard InChI is InChI=1S/C7H6BFN2O/c8-3-1-4(9)6(7(11)12)5(10)2-3/h1-2H,10H2,(H2,11,12). The van der Waals surface area contributed by atoms with E-state index in [1.807, 2.05) is 0 Å². The van der Waals surface area contributed by atoms with Crippen molar-refractivity contribution < 1.29 is 9.18 Å². The summed E-state index contributed by atoms with van der Waals surface area (Å²) >= 11 is 0. The van der Waals surface area contributed by atoms with E-state index >= 15 is 0 Å². The molecule has 1 amide bonds. The van der Waals surface area contributed by atoms with Crippen molar-refractivity contribution in [3.8, 4) is 0 Å². The van der Waals surface area contributed by atoms with Crippen molar-refractivity contribution in [1.29, 1.82) is 0 Å². The predicted molar refractivity (Wildman–Crippen MR) is 44.7 cm³/mol. The van der Waals surface area contributed by atoms with Crippen molar-refractivity contribution in [2.24, 2.45) is 5.73 Å². The second-order valence-corrected chi connectivity index (χ2v) is 2.33. The smallest absolute Gasteiger partial charge is 0.253 e. The molecule has 12 heavy (non-hydrogen) atoms. The second-order valence-electron chi connectivity index (χ2n) is 2.33. The molecule has 2 radical (unpaired) electrons. The molecule has 0 atom stereocenters. The highest BCUT2D eigenvalue weighted by Crippen LogP contribution is 2.12. The summed E-state index contributed by atoms with van der Waals surface area (Å²) in [6.45, 7) is 0. The fraction of sp³-hybridized carbons (Fsp3) is 0. The molecular weight excluding hydrogens is 158 g/mol. The summed E-state index contributed by atoms with van der Waals surface area (Å²) in [6, 6.07) is 2.28. The van der Waals surface area contributed by atoms with Crippen LogP contribution in [0.15, 0.2) is 12.1 Å². The Labute approximate surface area is 70.0 Å². The van der Waals surface area contributed by atoms with Crippen LogP contribution in [0.3, 0.4) is 0 Å². The van der Waals surface area contributed by atoms with Gasteiger partial charge < -0.3 is 11.5 Å². The summed E-state index contributed by atoms with van der Waals surface area (Å²) in [5.41, 5.74) is 9.97. The van der Waals surface area contributed by atoms with E-state index in [1.165, 1.54) is 6.07 Å². The fourth-order valence-electron chi connectivity index (χ4n) is 0.910. The molecular formula is C7H6BFN2O. The summed E-state index contributed by atoms with van der Waals surface area (Å²) in [4.78, 5) is 10.6. The topological polar surface area (TPSA) is 69.1 Å². The molecule has 1 aromatic rings. The van der Waals surface area contributed by atoms with Crippen molar-refractivity contribution in [3.63, 3.8) is 0 Å². The van der Waals surface area contributed by atoms with E-state index in [2.05, 4.69) is 0 Å². The molecule has 0 bridgehead atoms. The molecule has 0 saturated heterocycles. The minimum absolute atomic E-state index is 0.0417. The molecule has 60 valence electrons. The summed E-state index contributed by atoms with van der Waals surface area (Å²) in [5, 5.41) is 0. The van der Waals surface area contributed by atoms with Crippen molar-refractivity contribution in [3.05, 3.63) is 23.5 Å². The highest BCUT2D eigenvalue weighted by atomic mass is 19.1. The quantitative estimate of drug-likeness (QED) is 0.425. The Morgan fingerprint density at radius 1 is 1.50 bits per heavy atom. The number of carbonyl (C=O) groups excluding carboxylic acids is 1. The third-order valence-electron chi connectivity index (χ3n) is 1.39. The van der Waals surface area contributed by atoms with Gasteiger partial charge >= 0.3 is 0 Å². The molecule has 5 heteroatoms. The minimum Gasteiger partial charge on any atom is -0.398 e. The fourth-order valence-corrected chi connectivity index (χ4v) is 0.910. The zero-order chi connectivity index (χ0) is 9.30. The largest absolute Gasteiger partial charge is 0.398 e. The predicted octanol–water partition coefficient (Wildman–Crippen LogP) is -0.699. The van der Waals surface area contributed by atoms with E-state index in [0.717, 1.165) is 6.07 Å². The normalized spacial score (nSPS) is 9.75. The van der Waals surface area contributed by atoms with Crippen LogP contribution < -0.4 is 16.9 Å². The van der Waals surface area contributed by atoms with Gasteiger partial charge in [0, 0.05) is 5.69 Å². The van der Waals surface area contributed by atoms with Gasteiger partial charge in [0.05, 0.1) is 5.56 Å². The molecule has 1 aromatic carbocycles. The van der Waals surface area contributed by atoms with E-state index in [1.54, 1.807) is 0 Å². The molecule has 0 fully saturated rings. The molecule has 3 nitrogen and oxygen atoms in total. The third kappa shape index (κ3) is 1.39. The number of carbonyl (C=O) groups is 1. The summed E-state index contributed by atoms with van der Waals surface area (Å²) in [5.74, 6) is -1.69. The van der Waals surface area contributed by atoms with Crippen molar-refractivity contribution in [2.75, 3.05) is 5.73 Å². The van der Waals surface area contributed by atoms with Gasteiger partial charge in [-0.3, -0.25) is 4.79 Å². The maximum Gasteiger partial charge on any atom is 0.253 e. The van der Waals surface area contributed by atoms with Gasteiger partial charge in [0.15, 0.2) is 0 Å². The van der Waals surface area contributed by atoms with Crippen LogP contribution in [0.2, 0.25) is 0 Å². The van der Waals surface area contributed by atoms with Gasteiger partial charge in [-0.2, -0.15) is 0 Å².